The van der Waals surface area contributed by atoms with Crippen LogP contribution in [0.5, 0.6) is 17.5 Å². The highest BCUT2D eigenvalue weighted by Gasteiger charge is 2.48. The second-order valence-electron chi connectivity index (χ2n) is 9.11. The van der Waals surface area contributed by atoms with Crippen LogP contribution in [0.15, 0.2) is 24.5 Å². The molecule has 2 amide bonds. The van der Waals surface area contributed by atoms with E-state index in [1.54, 1.807) is 7.05 Å². The average molecular weight is 564 g/mol. The number of ether oxygens (including phenoxy) is 3. The Morgan fingerprint density at radius 2 is 1.79 bits per heavy atom. The molecule has 0 radical (unpaired) electrons. The van der Waals surface area contributed by atoms with Crippen molar-refractivity contribution in [2.45, 2.75) is 37.5 Å². The normalized spacial score (nSPS) is 19.9. The maximum Gasteiger partial charge on any atom is 0.416 e. The van der Waals surface area contributed by atoms with Crippen molar-refractivity contribution in [1.82, 2.24) is 20.3 Å². The molecule has 39 heavy (non-hydrogen) atoms. The van der Waals surface area contributed by atoms with Crippen molar-refractivity contribution < 1.29 is 37.0 Å². The van der Waals surface area contributed by atoms with E-state index in [1.165, 1.54) is 38.0 Å². The smallest absolute Gasteiger partial charge is 0.416 e. The summed E-state index contributed by atoms with van der Waals surface area (Å²) in [5.41, 5.74) is -1.07. The molecule has 2 aliphatic rings. The molecule has 1 spiro atoms. The number of hydrogen-bond donors (Lipinski definition) is 2. The highest BCUT2D eigenvalue weighted by molar-refractivity contribution is 7.16. The number of anilines is 1. The van der Waals surface area contributed by atoms with Crippen molar-refractivity contribution in [3.8, 4) is 28.8 Å². The summed E-state index contributed by atoms with van der Waals surface area (Å²) in [5, 5.41) is 5.57. The summed E-state index contributed by atoms with van der Waals surface area (Å²) in [4.78, 5) is 38.6. The molecule has 2 N–H and O–H groups in total. The van der Waals surface area contributed by atoms with Gasteiger partial charge in [0.25, 0.3) is 5.91 Å². The number of amides is 2. The number of fused-ring (bicyclic) bond motifs is 4. The van der Waals surface area contributed by atoms with E-state index >= 15 is 0 Å². The van der Waals surface area contributed by atoms with Crippen molar-refractivity contribution in [1.29, 1.82) is 0 Å². The number of benzene rings is 1. The summed E-state index contributed by atoms with van der Waals surface area (Å²) in [5.74, 6) is -0.914. The number of hydrogen-bond acceptors (Lipinski definition) is 9. The molecule has 14 heteroatoms. The highest BCUT2D eigenvalue weighted by atomic mass is 32.1. The van der Waals surface area contributed by atoms with Gasteiger partial charge in [0, 0.05) is 18.5 Å². The number of alkyl halides is 3. The molecule has 3 heterocycles. The summed E-state index contributed by atoms with van der Waals surface area (Å²) in [6, 6.07) is 3.27. The van der Waals surface area contributed by atoms with Crippen LogP contribution in [0, 0.1) is 5.92 Å². The summed E-state index contributed by atoms with van der Waals surface area (Å²) < 4.78 is 57.2. The first-order valence-corrected chi connectivity index (χ1v) is 12.8. The Hall–Kier alpha value is -3.94. The third-order valence-corrected chi connectivity index (χ3v) is 8.09. The number of nitrogens with zero attached hydrogens (tertiary/aromatic N) is 3. The van der Waals surface area contributed by atoms with Crippen molar-refractivity contribution >= 4 is 28.3 Å². The van der Waals surface area contributed by atoms with Gasteiger partial charge < -0.3 is 19.5 Å². The minimum Gasteiger partial charge on any atom is -0.481 e. The van der Waals surface area contributed by atoms with E-state index in [0.717, 1.165) is 12.1 Å². The lowest BCUT2D eigenvalue weighted by Crippen LogP contribution is -2.42. The third-order valence-electron chi connectivity index (χ3n) is 6.93. The van der Waals surface area contributed by atoms with Crippen LogP contribution in [-0.4, -0.2) is 48.0 Å². The lowest BCUT2D eigenvalue weighted by Gasteiger charge is -2.42. The van der Waals surface area contributed by atoms with E-state index in [9.17, 15) is 22.8 Å². The van der Waals surface area contributed by atoms with Crippen LogP contribution < -0.4 is 24.8 Å². The fraction of sp³-hybridized carbons (Fsp3) is 0.400. The van der Waals surface area contributed by atoms with Gasteiger partial charge in [0.05, 0.1) is 30.4 Å². The number of rotatable bonds is 5. The number of carbonyl (C=O) groups excluding carboxylic acids is 2. The van der Waals surface area contributed by atoms with Crippen molar-refractivity contribution in [2.24, 2.45) is 5.92 Å². The fourth-order valence-electron chi connectivity index (χ4n) is 5.00. The third kappa shape index (κ3) is 4.73. The molecule has 1 aliphatic heterocycles. The Morgan fingerprint density at radius 1 is 1.13 bits per heavy atom. The SMILES string of the molecule is CNC(=O)C1CCC2(CC1)Oc1cc(C(F)(F)F)ccc1-c1nc(NC(=O)c3c(OC)ncnc3OC)sc12. The van der Waals surface area contributed by atoms with Crippen molar-refractivity contribution in [3.63, 3.8) is 0 Å². The lowest BCUT2D eigenvalue weighted by atomic mass is 9.75. The molecule has 5 rings (SSSR count). The molecule has 0 unspecified atom stereocenters. The van der Waals surface area contributed by atoms with Crippen molar-refractivity contribution in [3.05, 3.63) is 40.5 Å². The first-order valence-electron chi connectivity index (χ1n) is 12.0. The fourth-order valence-corrected chi connectivity index (χ4v) is 6.16. The van der Waals surface area contributed by atoms with E-state index < -0.39 is 23.2 Å². The zero-order valence-electron chi connectivity index (χ0n) is 21.1. The largest absolute Gasteiger partial charge is 0.481 e. The molecule has 206 valence electrons. The molecule has 1 aromatic carbocycles. The van der Waals surface area contributed by atoms with Gasteiger partial charge in [-0.25, -0.2) is 15.0 Å². The maximum atomic E-state index is 13.5. The van der Waals surface area contributed by atoms with Crippen LogP contribution in [0.4, 0.5) is 18.3 Å². The van der Waals surface area contributed by atoms with Gasteiger partial charge in [-0.2, -0.15) is 13.2 Å². The molecule has 2 aromatic heterocycles. The zero-order valence-corrected chi connectivity index (χ0v) is 22.0. The average Bonchev–Trinajstić information content (AvgIpc) is 3.36. The highest BCUT2D eigenvalue weighted by Crippen LogP contribution is 2.55. The standard InChI is InChI=1S/C25H24F3N5O5S/c1-29-19(34)12-6-8-24(9-7-12)18-17(14-5-4-13(25(26,27)28)10-15(14)38-24)32-23(39-18)33-20(35)16-21(36-2)30-11-31-22(16)37-3/h4-5,10-12H,6-9H2,1-3H3,(H,29,34)(H,32,33,35). The van der Waals surface area contributed by atoms with E-state index in [1.807, 2.05) is 0 Å². The lowest BCUT2D eigenvalue weighted by molar-refractivity contribution is -0.138. The Bertz CT molecular complexity index is 1410. The number of nitrogens with one attached hydrogen (secondary N) is 2. The first kappa shape index (κ1) is 26.7. The van der Waals surface area contributed by atoms with Gasteiger partial charge >= 0.3 is 6.18 Å². The molecule has 1 saturated carbocycles. The maximum absolute atomic E-state index is 13.5. The molecular formula is C25H24F3N5O5S. The number of aromatic nitrogens is 3. The quantitative estimate of drug-likeness (QED) is 0.468. The molecular weight excluding hydrogens is 539 g/mol. The summed E-state index contributed by atoms with van der Waals surface area (Å²) in [6.45, 7) is 0. The molecule has 1 aliphatic carbocycles. The van der Waals surface area contributed by atoms with Gasteiger partial charge in [-0.15, -0.1) is 0 Å². The molecule has 3 aromatic rings. The number of methoxy groups -OCH3 is 2. The van der Waals surface area contributed by atoms with Crippen LogP contribution in [0.2, 0.25) is 0 Å². The van der Waals surface area contributed by atoms with Gasteiger partial charge in [0.15, 0.2) is 10.7 Å². The molecule has 0 atom stereocenters. The first-order chi connectivity index (χ1) is 18.6. The van der Waals surface area contributed by atoms with E-state index in [2.05, 4.69) is 25.6 Å². The Balaban J connectivity index is 1.55. The number of halogens is 3. The number of thiazole rings is 1. The summed E-state index contributed by atoms with van der Waals surface area (Å²) in [7, 11) is 4.27. The molecule has 1 fully saturated rings. The predicted molar refractivity (Wildman–Crippen MR) is 134 cm³/mol. The van der Waals surface area contributed by atoms with E-state index in [0.29, 0.717) is 41.8 Å². The van der Waals surface area contributed by atoms with Crippen LogP contribution >= 0.6 is 11.3 Å². The molecule has 0 saturated heterocycles. The molecule has 10 nitrogen and oxygen atoms in total. The van der Waals surface area contributed by atoms with Crippen LogP contribution in [0.3, 0.4) is 0 Å². The predicted octanol–water partition coefficient (Wildman–Crippen LogP) is 4.41. The van der Waals surface area contributed by atoms with Gasteiger partial charge in [0.2, 0.25) is 17.7 Å². The van der Waals surface area contributed by atoms with Crippen molar-refractivity contribution in [2.75, 3.05) is 26.6 Å². The van der Waals surface area contributed by atoms with Crippen LogP contribution in [0.25, 0.3) is 11.3 Å². The monoisotopic (exact) mass is 563 g/mol. The summed E-state index contributed by atoms with van der Waals surface area (Å²) in [6.07, 6.45) is -1.64. The minimum absolute atomic E-state index is 0.00183. The Kier molecular flexibility index (Phi) is 6.83. The van der Waals surface area contributed by atoms with Gasteiger partial charge in [-0.05, 0) is 43.9 Å². The van der Waals surface area contributed by atoms with Gasteiger partial charge in [-0.3, -0.25) is 14.9 Å². The molecule has 0 bridgehead atoms. The van der Waals surface area contributed by atoms with E-state index in [-0.39, 0.29) is 40.0 Å². The topological polar surface area (TPSA) is 125 Å². The van der Waals surface area contributed by atoms with Crippen LogP contribution in [-0.2, 0) is 16.6 Å². The number of carbonyl (C=O) groups is 2. The second-order valence-corrected chi connectivity index (χ2v) is 10.1. The zero-order chi connectivity index (χ0) is 27.9. The Morgan fingerprint density at radius 3 is 2.38 bits per heavy atom. The van der Waals surface area contributed by atoms with Gasteiger partial charge in [-0.1, -0.05) is 11.3 Å². The second kappa shape index (κ2) is 9.98. The Labute approximate surface area is 224 Å². The minimum atomic E-state index is -4.56. The van der Waals surface area contributed by atoms with Crippen LogP contribution in [0.1, 0.15) is 46.5 Å². The summed E-state index contributed by atoms with van der Waals surface area (Å²) >= 11 is 1.17. The van der Waals surface area contributed by atoms with E-state index in [4.69, 9.17) is 14.2 Å². The van der Waals surface area contributed by atoms with Gasteiger partial charge in [0.1, 0.15) is 17.7 Å².